The summed E-state index contributed by atoms with van der Waals surface area (Å²) in [6.45, 7) is 6.23. The van der Waals surface area contributed by atoms with Gasteiger partial charge in [0.1, 0.15) is 0 Å². The lowest BCUT2D eigenvalue weighted by atomic mass is 10.2. The Hall–Kier alpha value is -1.50. The second-order valence-electron chi connectivity index (χ2n) is 5.35. The monoisotopic (exact) mass is 289 g/mol. The number of amides is 1. The Morgan fingerprint density at radius 2 is 2.10 bits per heavy atom. The third-order valence-electron chi connectivity index (χ3n) is 2.72. The van der Waals surface area contributed by atoms with Crippen LogP contribution in [-0.2, 0) is 6.54 Å². The molecule has 0 fully saturated rings. The summed E-state index contributed by atoms with van der Waals surface area (Å²) >= 11 is 0. The summed E-state index contributed by atoms with van der Waals surface area (Å²) in [4.78, 5) is 11.9. The summed E-state index contributed by atoms with van der Waals surface area (Å²) in [6, 6.07) is 0. The Morgan fingerprint density at radius 3 is 2.60 bits per heavy atom. The van der Waals surface area contributed by atoms with Crippen molar-refractivity contribution in [3.05, 3.63) is 17.5 Å². The number of aromatic nitrogens is 2. The molecule has 1 rings (SSSR count). The molecule has 1 unspecified atom stereocenters. The Kier molecular flexibility index (Phi) is 6.06. The van der Waals surface area contributed by atoms with E-state index in [1.807, 2.05) is 13.8 Å². The maximum absolute atomic E-state index is 12.9. The van der Waals surface area contributed by atoms with Gasteiger partial charge in [-0.1, -0.05) is 20.8 Å². The Balaban J connectivity index is 2.85. The average Bonchev–Trinajstić information content (AvgIpc) is 2.78. The molecule has 0 spiro atoms. The summed E-state index contributed by atoms with van der Waals surface area (Å²) in [6.07, 6.45) is -1.53. The molecule has 0 bridgehead atoms. The highest BCUT2D eigenvalue weighted by molar-refractivity contribution is 5.93. The van der Waals surface area contributed by atoms with Crippen molar-refractivity contribution in [3.63, 3.8) is 0 Å². The Morgan fingerprint density at radius 1 is 1.45 bits per heavy atom. The molecule has 0 saturated carbocycles. The van der Waals surface area contributed by atoms with Crippen LogP contribution in [0.4, 0.5) is 8.78 Å². The van der Waals surface area contributed by atoms with Gasteiger partial charge in [-0.15, -0.1) is 0 Å². The van der Waals surface area contributed by atoms with Crippen LogP contribution in [0, 0.1) is 11.8 Å². The molecule has 0 aliphatic carbocycles. The van der Waals surface area contributed by atoms with Gasteiger partial charge in [-0.05, 0) is 11.8 Å². The van der Waals surface area contributed by atoms with E-state index >= 15 is 0 Å². The number of aliphatic hydroxyl groups is 1. The molecule has 0 saturated heterocycles. The van der Waals surface area contributed by atoms with Crippen LogP contribution < -0.4 is 5.32 Å². The lowest BCUT2D eigenvalue weighted by Gasteiger charge is -2.09. The number of rotatable bonds is 7. The standard InChI is InChI=1S/C13H21F2N3O2/c1-8(2)5-18-6-10(12(14)15)11(17-18)13(20)16-4-9(3)7-19/h6,8-9,12,19H,4-5,7H2,1-3H3,(H,16,20). The minimum Gasteiger partial charge on any atom is -0.396 e. The molecule has 2 N–H and O–H groups in total. The lowest BCUT2D eigenvalue weighted by Crippen LogP contribution is -2.30. The molecule has 0 aliphatic heterocycles. The zero-order chi connectivity index (χ0) is 15.3. The van der Waals surface area contributed by atoms with Crippen molar-refractivity contribution in [2.24, 2.45) is 11.8 Å². The first-order valence-corrected chi connectivity index (χ1v) is 6.59. The fraction of sp³-hybridized carbons (Fsp3) is 0.692. The molecular weight excluding hydrogens is 268 g/mol. The van der Waals surface area contributed by atoms with Crippen LogP contribution in [-0.4, -0.2) is 33.9 Å². The largest absolute Gasteiger partial charge is 0.396 e. The lowest BCUT2D eigenvalue weighted by molar-refractivity contribution is 0.0923. The maximum Gasteiger partial charge on any atom is 0.272 e. The smallest absolute Gasteiger partial charge is 0.272 e. The van der Waals surface area contributed by atoms with E-state index in [1.165, 1.54) is 10.9 Å². The van der Waals surface area contributed by atoms with E-state index in [0.29, 0.717) is 6.54 Å². The molecule has 0 aliphatic rings. The molecule has 1 aromatic rings. The fourth-order valence-electron chi connectivity index (χ4n) is 1.66. The number of alkyl halides is 2. The van der Waals surface area contributed by atoms with Gasteiger partial charge in [-0.25, -0.2) is 8.78 Å². The van der Waals surface area contributed by atoms with Gasteiger partial charge in [0.15, 0.2) is 5.69 Å². The summed E-state index contributed by atoms with van der Waals surface area (Å²) in [5.74, 6) is -0.527. The number of nitrogens with zero attached hydrogens (tertiary/aromatic N) is 2. The van der Waals surface area contributed by atoms with Crippen molar-refractivity contribution in [2.75, 3.05) is 13.2 Å². The second kappa shape index (κ2) is 7.33. The molecule has 0 radical (unpaired) electrons. The average molecular weight is 289 g/mol. The summed E-state index contributed by atoms with van der Waals surface area (Å²) in [5, 5.41) is 15.3. The summed E-state index contributed by atoms with van der Waals surface area (Å²) in [5.41, 5.74) is -0.606. The van der Waals surface area contributed by atoms with Crippen LogP contribution >= 0.6 is 0 Å². The fourth-order valence-corrected chi connectivity index (χ4v) is 1.66. The highest BCUT2D eigenvalue weighted by atomic mass is 19.3. The maximum atomic E-state index is 12.9. The van der Waals surface area contributed by atoms with Crippen molar-refractivity contribution in [1.82, 2.24) is 15.1 Å². The van der Waals surface area contributed by atoms with Crippen LogP contribution in [0.15, 0.2) is 6.20 Å². The van der Waals surface area contributed by atoms with E-state index < -0.39 is 12.3 Å². The van der Waals surface area contributed by atoms with Crippen molar-refractivity contribution >= 4 is 5.91 Å². The first kappa shape index (κ1) is 16.6. The number of carbonyl (C=O) groups excluding carboxylic acids is 1. The number of hydrogen-bond acceptors (Lipinski definition) is 3. The minimum atomic E-state index is -2.74. The van der Waals surface area contributed by atoms with Gasteiger partial charge in [0.2, 0.25) is 0 Å². The number of aliphatic hydroxyl groups excluding tert-OH is 1. The third-order valence-corrected chi connectivity index (χ3v) is 2.72. The van der Waals surface area contributed by atoms with E-state index in [4.69, 9.17) is 5.11 Å². The van der Waals surface area contributed by atoms with Gasteiger partial charge in [0, 0.05) is 25.9 Å². The zero-order valence-corrected chi connectivity index (χ0v) is 11.9. The predicted molar refractivity (Wildman–Crippen MR) is 70.6 cm³/mol. The summed E-state index contributed by atoms with van der Waals surface area (Å²) < 4.78 is 27.2. The van der Waals surface area contributed by atoms with Crippen LogP contribution in [0.5, 0.6) is 0 Å². The molecule has 7 heteroatoms. The van der Waals surface area contributed by atoms with Gasteiger partial charge in [0.05, 0.1) is 5.56 Å². The minimum absolute atomic E-state index is 0.0796. The number of halogens is 2. The van der Waals surface area contributed by atoms with Crippen LogP contribution in [0.2, 0.25) is 0 Å². The molecular formula is C13H21F2N3O2. The van der Waals surface area contributed by atoms with Crippen LogP contribution in [0.3, 0.4) is 0 Å². The third kappa shape index (κ3) is 4.56. The molecule has 114 valence electrons. The van der Waals surface area contributed by atoms with Crippen molar-refractivity contribution in [2.45, 2.75) is 33.7 Å². The first-order chi connectivity index (χ1) is 9.35. The van der Waals surface area contributed by atoms with Crippen molar-refractivity contribution < 1.29 is 18.7 Å². The van der Waals surface area contributed by atoms with Crippen molar-refractivity contribution in [1.29, 1.82) is 0 Å². The number of carbonyl (C=O) groups is 1. The van der Waals surface area contributed by atoms with Crippen molar-refractivity contribution in [3.8, 4) is 0 Å². The molecule has 20 heavy (non-hydrogen) atoms. The normalized spacial score (nSPS) is 13.0. The summed E-state index contributed by atoms with van der Waals surface area (Å²) in [7, 11) is 0. The molecule has 1 atom stereocenters. The first-order valence-electron chi connectivity index (χ1n) is 6.59. The van der Waals surface area contributed by atoms with Crippen LogP contribution in [0.25, 0.3) is 0 Å². The van der Waals surface area contributed by atoms with E-state index in [1.54, 1.807) is 6.92 Å². The predicted octanol–water partition coefficient (Wildman–Crippen LogP) is 1.83. The van der Waals surface area contributed by atoms with Crippen LogP contribution in [0.1, 0.15) is 43.2 Å². The molecule has 1 amide bonds. The number of nitrogens with one attached hydrogen (secondary N) is 1. The quantitative estimate of drug-likeness (QED) is 0.805. The van der Waals surface area contributed by atoms with Gasteiger partial charge in [-0.2, -0.15) is 5.10 Å². The van der Waals surface area contributed by atoms with E-state index in [2.05, 4.69) is 10.4 Å². The Bertz CT molecular complexity index is 447. The van der Waals surface area contributed by atoms with E-state index in [0.717, 1.165) is 0 Å². The van der Waals surface area contributed by atoms with Gasteiger partial charge in [-0.3, -0.25) is 9.48 Å². The highest BCUT2D eigenvalue weighted by Gasteiger charge is 2.23. The molecule has 1 heterocycles. The Labute approximate surface area is 117 Å². The van der Waals surface area contributed by atoms with Gasteiger partial charge >= 0.3 is 0 Å². The molecule has 0 aromatic carbocycles. The molecule has 1 aromatic heterocycles. The van der Waals surface area contributed by atoms with Gasteiger partial charge in [0.25, 0.3) is 12.3 Å². The number of hydrogen-bond donors (Lipinski definition) is 2. The van der Waals surface area contributed by atoms with E-state index in [-0.39, 0.29) is 36.2 Å². The van der Waals surface area contributed by atoms with Gasteiger partial charge < -0.3 is 10.4 Å². The zero-order valence-electron chi connectivity index (χ0n) is 11.9. The van der Waals surface area contributed by atoms with E-state index in [9.17, 15) is 13.6 Å². The second-order valence-corrected chi connectivity index (χ2v) is 5.35. The molecule has 5 nitrogen and oxygen atoms in total. The topological polar surface area (TPSA) is 67.2 Å². The highest BCUT2D eigenvalue weighted by Crippen LogP contribution is 2.22. The SMILES string of the molecule is CC(C)Cn1cc(C(F)F)c(C(=O)NCC(C)CO)n1.